The van der Waals surface area contributed by atoms with Crippen LogP contribution in [-0.4, -0.2) is 34.8 Å². The second kappa shape index (κ2) is 5.03. The molecule has 0 fully saturated rings. The first-order valence-corrected chi connectivity index (χ1v) is 5.37. The number of carboxylic acids is 1. The topological polar surface area (TPSA) is 79.7 Å². The molecule has 1 aromatic rings. The Balaban J connectivity index is 2.81. The Kier molecular flexibility index (Phi) is 3.90. The fraction of sp³-hybridized carbons (Fsp3) is 0.417. The number of carbonyl (C=O) groups excluding carboxylic acids is 1. The van der Waals surface area contributed by atoms with Crippen molar-refractivity contribution in [3.8, 4) is 0 Å². The molecule has 0 aromatic carbocycles. The summed E-state index contributed by atoms with van der Waals surface area (Å²) in [6.45, 7) is 5.29. The molecule has 0 radical (unpaired) electrons. The Labute approximate surface area is 105 Å². The van der Waals surface area contributed by atoms with Crippen LogP contribution in [0.4, 0.5) is 10.6 Å². The fourth-order valence-electron chi connectivity index (χ4n) is 1.13. The lowest BCUT2D eigenvalue weighted by atomic mass is 10.2. The number of carbonyl (C=O) groups is 2. The molecule has 0 aliphatic carbocycles. The number of amides is 1. The van der Waals surface area contributed by atoms with Crippen LogP contribution in [0.15, 0.2) is 18.3 Å². The van der Waals surface area contributed by atoms with Gasteiger partial charge in [0.25, 0.3) is 0 Å². The molecule has 0 bridgehead atoms. The Morgan fingerprint density at radius 2 is 1.94 bits per heavy atom. The summed E-state index contributed by atoms with van der Waals surface area (Å²) in [5.41, 5.74) is -0.525. The smallest absolute Gasteiger partial charge is 0.415 e. The van der Waals surface area contributed by atoms with Crippen molar-refractivity contribution in [1.29, 1.82) is 0 Å². The Morgan fingerprint density at radius 1 is 1.33 bits per heavy atom. The minimum Gasteiger partial charge on any atom is -0.478 e. The van der Waals surface area contributed by atoms with E-state index < -0.39 is 17.7 Å². The van der Waals surface area contributed by atoms with E-state index in [1.165, 1.54) is 30.3 Å². The highest BCUT2D eigenvalue weighted by Crippen LogP contribution is 2.14. The van der Waals surface area contributed by atoms with Crippen molar-refractivity contribution in [1.82, 2.24) is 4.98 Å². The van der Waals surface area contributed by atoms with Crippen LogP contribution in [0.3, 0.4) is 0 Å². The van der Waals surface area contributed by atoms with E-state index in [4.69, 9.17) is 9.84 Å². The van der Waals surface area contributed by atoms with Gasteiger partial charge < -0.3 is 9.84 Å². The second-order valence-electron chi connectivity index (χ2n) is 4.75. The molecular formula is C12H16N2O4. The van der Waals surface area contributed by atoms with Gasteiger partial charge in [-0.3, -0.25) is 4.90 Å². The Morgan fingerprint density at radius 3 is 2.33 bits per heavy atom. The number of pyridine rings is 1. The van der Waals surface area contributed by atoms with Crippen LogP contribution in [0.5, 0.6) is 0 Å². The first-order valence-electron chi connectivity index (χ1n) is 5.37. The molecule has 6 nitrogen and oxygen atoms in total. The zero-order chi connectivity index (χ0) is 13.9. The van der Waals surface area contributed by atoms with Gasteiger partial charge in [0.1, 0.15) is 11.4 Å². The van der Waals surface area contributed by atoms with Gasteiger partial charge >= 0.3 is 12.1 Å². The van der Waals surface area contributed by atoms with Crippen LogP contribution < -0.4 is 4.90 Å². The second-order valence-corrected chi connectivity index (χ2v) is 4.75. The zero-order valence-electron chi connectivity index (χ0n) is 10.8. The fourth-order valence-corrected chi connectivity index (χ4v) is 1.13. The third-order valence-corrected chi connectivity index (χ3v) is 2.01. The minimum atomic E-state index is -1.06. The molecular weight excluding hydrogens is 236 g/mol. The third-order valence-electron chi connectivity index (χ3n) is 2.01. The van der Waals surface area contributed by atoms with Gasteiger partial charge in [-0.05, 0) is 32.9 Å². The molecule has 0 aliphatic rings. The van der Waals surface area contributed by atoms with Crippen LogP contribution in [0.2, 0.25) is 0 Å². The number of aromatic nitrogens is 1. The molecule has 0 saturated carbocycles. The highest BCUT2D eigenvalue weighted by atomic mass is 16.6. The molecule has 0 atom stereocenters. The lowest BCUT2D eigenvalue weighted by Crippen LogP contribution is -2.34. The normalized spacial score (nSPS) is 10.9. The van der Waals surface area contributed by atoms with Crippen molar-refractivity contribution in [3.63, 3.8) is 0 Å². The van der Waals surface area contributed by atoms with Crippen LogP contribution >= 0.6 is 0 Å². The highest BCUT2D eigenvalue weighted by molar-refractivity contribution is 5.89. The van der Waals surface area contributed by atoms with Crippen molar-refractivity contribution in [3.05, 3.63) is 23.9 Å². The first-order chi connectivity index (χ1) is 8.20. The molecule has 1 aromatic heterocycles. The third kappa shape index (κ3) is 3.73. The number of anilines is 1. The van der Waals surface area contributed by atoms with E-state index >= 15 is 0 Å². The maximum Gasteiger partial charge on any atom is 0.415 e. The molecule has 6 heteroatoms. The Bertz CT molecular complexity index is 448. The van der Waals surface area contributed by atoms with Crippen LogP contribution in [0.1, 0.15) is 31.1 Å². The highest BCUT2D eigenvalue weighted by Gasteiger charge is 2.21. The predicted octanol–water partition coefficient (Wildman–Crippen LogP) is 2.15. The number of rotatable bonds is 2. The number of aromatic carboxylic acids is 1. The van der Waals surface area contributed by atoms with Crippen molar-refractivity contribution in [2.45, 2.75) is 26.4 Å². The van der Waals surface area contributed by atoms with Gasteiger partial charge in [0.2, 0.25) is 0 Å². The van der Waals surface area contributed by atoms with E-state index in [0.717, 1.165) is 0 Å². The number of carboxylic acid groups (broad SMARTS) is 1. The summed E-state index contributed by atoms with van der Waals surface area (Å²) in [5.74, 6) is -0.733. The van der Waals surface area contributed by atoms with Crippen molar-refractivity contribution < 1.29 is 19.4 Å². The maximum atomic E-state index is 11.7. The molecule has 1 heterocycles. The number of hydrogen-bond acceptors (Lipinski definition) is 4. The zero-order valence-corrected chi connectivity index (χ0v) is 10.8. The summed E-state index contributed by atoms with van der Waals surface area (Å²) >= 11 is 0. The predicted molar refractivity (Wildman–Crippen MR) is 65.8 cm³/mol. The summed E-state index contributed by atoms with van der Waals surface area (Å²) in [4.78, 5) is 27.5. The molecule has 1 amide bonds. The van der Waals surface area contributed by atoms with Gasteiger partial charge in [-0.25, -0.2) is 14.6 Å². The first kappa shape index (κ1) is 14.0. The largest absolute Gasteiger partial charge is 0.478 e. The van der Waals surface area contributed by atoms with Crippen molar-refractivity contribution in [2.24, 2.45) is 0 Å². The summed E-state index contributed by atoms with van der Waals surface area (Å²) in [7, 11) is 1.51. The lowest BCUT2D eigenvalue weighted by molar-refractivity contribution is 0.0588. The average Bonchev–Trinajstić information content (AvgIpc) is 2.26. The quantitative estimate of drug-likeness (QED) is 0.872. The summed E-state index contributed by atoms with van der Waals surface area (Å²) in [6, 6.07) is 2.83. The van der Waals surface area contributed by atoms with Gasteiger partial charge in [0.15, 0.2) is 0 Å². The van der Waals surface area contributed by atoms with E-state index in [1.807, 2.05) is 0 Å². The molecule has 0 unspecified atom stereocenters. The van der Waals surface area contributed by atoms with Crippen LogP contribution in [0.25, 0.3) is 0 Å². The van der Waals surface area contributed by atoms with Crippen LogP contribution in [-0.2, 0) is 4.74 Å². The van der Waals surface area contributed by atoms with Gasteiger partial charge in [0.05, 0.1) is 5.56 Å². The van der Waals surface area contributed by atoms with E-state index in [-0.39, 0.29) is 5.56 Å². The molecule has 0 spiro atoms. The van der Waals surface area contributed by atoms with Gasteiger partial charge in [0, 0.05) is 13.2 Å². The standard InChI is InChI=1S/C12H16N2O4/c1-12(2,3)18-11(17)14(4)9-6-5-8(7-13-9)10(15)16/h5-7H,1-4H3,(H,15,16). The minimum absolute atomic E-state index is 0.0661. The van der Waals surface area contributed by atoms with Crippen molar-refractivity contribution in [2.75, 3.05) is 11.9 Å². The summed E-state index contributed by atoms with van der Waals surface area (Å²) in [5, 5.41) is 8.73. The summed E-state index contributed by atoms with van der Waals surface area (Å²) in [6.07, 6.45) is 0.650. The number of hydrogen-bond donors (Lipinski definition) is 1. The molecule has 0 aliphatic heterocycles. The average molecular weight is 252 g/mol. The van der Waals surface area contributed by atoms with E-state index in [9.17, 15) is 9.59 Å². The van der Waals surface area contributed by atoms with E-state index in [0.29, 0.717) is 5.82 Å². The molecule has 0 saturated heterocycles. The van der Waals surface area contributed by atoms with E-state index in [2.05, 4.69) is 4.98 Å². The molecule has 98 valence electrons. The molecule has 1 N–H and O–H groups in total. The summed E-state index contributed by atoms with van der Waals surface area (Å²) < 4.78 is 5.16. The Hall–Kier alpha value is -2.11. The SMILES string of the molecule is CN(C(=O)OC(C)(C)C)c1ccc(C(=O)O)cn1. The van der Waals surface area contributed by atoms with Gasteiger partial charge in [-0.1, -0.05) is 0 Å². The van der Waals surface area contributed by atoms with E-state index in [1.54, 1.807) is 20.8 Å². The number of nitrogens with zero attached hydrogens (tertiary/aromatic N) is 2. The monoisotopic (exact) mass is 252 g/mol. The number of ether oxygens (including phenoxy) is 1. The van der Waals surface area contributed by atoms with Gasteiger partial charge in [-0.15, -0.1) is 0 Å². The van der Waals surface area contributed by atoms with Crippen molar-refractivity contribution >= 4 is 17.9 Å². The lowest BCUT2D eigenvalue weighted by Gasteiger charge is -2.24. The van der Waals surface area contributed by atoms with Gasteiger partial charge in [-0.2, -0.15) is 0 Å². The molecule has 1 rings (SSSR count). The maximum absolute atomic E-state index is 11.7. The molecule has 18 heavy (non-hydrogen) atoms. The van der Waals surface area contributed by atoms with Crippen LogP contribution in [0, 0.1) is 0 Å².